The maximum absolute atomic E-state index is 8.78. The van der Waals surface area contributed by atoms with Crippen LogP contribution in [0.4, 0.5) is 5.82 Å². The van der Waals surface area contributed by atoms with E-state index in [4.69, 9.17) is 5.26 Å². The zero-order valence-electron chi connectivity index (χ0n) is 11.6. The second-order valence-corrected chi connectivity index (χ2v) is 6.16. The second-order valence-electron chi connectivity index (χ2n) is 6.16. The van der Waals surface area contributed by atoms with Crippen molar-refractivity contribution in [3.05, 3.63) is 17.8 Å². The Morgan fingerprint density at radius 2 is 1.89 bits per heavy atom. The number of fused-ring (bicyclic) bond motifs is 2. The number of anilines is 1. The number of piperidine rings is 1. The first kappa shape index (κ1) is 12.4. The molecule has 0 radical (unpaired) electrons. The van der Waals surface area contributed by atoms with Gasteiger partial charge in [0.2, 0.25) is 0 Å². The van der Waals surface area contributed by atoms with Gasteiger partial charge in [-0.15, -0.1) is 10.2 Å². The quantitative estimate of drug-likeness (QED) is 0.816. The number of hydrogen-bond acceptors (Lipinski definition) is 4. The lowest BCUT2D eigenvalue weighted by Crippen LogP contribution is -2.44. The van der Waals surface area contributed by atoms with E-state index in [1.807, 2.05) is 12.1 Å². The molecule has 2 aliphatic heterocycles. The minimum atomic E-state index is 0.396. The van der Waals surface area contributed by atoms with Crippen LogP contribution in [0.3, 0.4) is 0 Å². The predicted molar refractivity (Wildman–Crippen MR) is 73.6 cm³/mol. The average molecular weight is 256 g/mol. The lowest BCUT2D eigenvalue weighted by Gasteiger charge is -2.41. The maximum Gasteiger partial charge on any atom is 0.163 e. The largest absolute Gasteiger partial charge is 0.349 e. The van der Waals surface area contributed by atoms with E-state index in [9.17, 15) is 0 Å². The summed E-state index contributed by atoms with van der Waals surface area (Å²) in [6.07, 6.45) is 5.09. The third-order valence-corrected chi connectivity index (χ3v) is 4.74. The van der Waals surface area contributed by atoms with Gasteiger partial charge in [-0.3, -0.25) is 0 Å². The summed E-state index contributed by atoms with van der Waals surface area (Å²) in [5, 5.41) is 17.0. The van der Waals surface area contributed by atoms with Crippen LogP contribution in [0.15, 0.2) is 12.1 Å². The first-order valence-electron chi connectivity index (χ1n) is 7.21. The molecule has 3 atom stereocenters. The molecule has 0 spiro atoms. The van der Waals surface area contributed by atoms with E-state index in [-0.39, 0.29) is 0 Å². The lowest BCUT2D eigenvalue weighted by atomic mass is 9.82. The summed E-state index contributed by atoms with van der Waals surface area (Å²) in [5.74, 6) is 2.58. The molecule has 1 aromatic heterocycles. The van der Waals surface area contributed by atoms with E-state index in [1.165, 1.54) is 25.7 Å². The Morgan fingerprint density at radius 3 is 2.37 bits per heavy atom. The standard InChI is InChI=1S/C15H20N4/c1-10(2)11-7-13-4-5-14(8-11)19(13)15-6-3-12(9-16)17-18-15/h3,6,10-11,13-14H,4-5,7-8H2,1-2H3/t11?,13-,14+. The summed E-state index contributed by atoms with van der Waals surface area (Å²) in [7, 11) is 0. The monoisotopic (exact) mass is 256 g/mol. The first-order chi connectivity index (χ1) is 9.19. The summed E-state index contributed by atoms with van der Waals surface area (Å²) >= 11 is 0. The van der Waals surface area contributed by atoms with Crippen molar-refractivity contribution >= 4 is 5.82 Å². The molecule has 0 amide bonds. The van der Waals surface area contributed by atoms with Gasteiger partial charge in [0, 0.05) is 12.1 Å². The van der Waals surface area contributed by atoms with E-state index in [0.29, 0.717) is 17.8 Å². The van der Waals surface area contributed by atoms with Gasteiger partial charge in [0.25, 0.3) is 0 Å². The molecule has 0 aromatic carbocycles. The number of nitriles is 1. The minimum Gasteiger partial charge on any atom is -0.349 e. The number of nitrogens with zero attached hydrogens (tertiary/aromatic N) is 4. The van der Waals surface area contributed by atoms with Crippen LogP contribution in [0.1, 0.15) is 45.2 Å². The topological polar surface area (TPSA) is 52.8 Å². The van der Waals surface area contributed by atoms with Gasteiger partial charge in [0.05, 0.1) is 0 Å². The van der Waals surface area contributed by atoms with Crippen LogP contribution in [-0.2, 0) is 0 Å². The maximum atomic E-state index is 8.78. The SMILES string of the molecule is CC(C)C1C[C@H]2CC[C@@H](C1)N2c1ccc(C#N)nn1. The smallest absolute Gasteiger partial charge is 0.163 e. The van der Waals surface area contributed by atoms with Gasteiger partial charge in [-0.05, 0) is 49.7 Å². The highest BCUT2D eigenvalue weighted by Crippen LogP contribution is 2.42. The van der Waals surface area contributed by atoms with Crippen molar-refractivity contribution in [3.63, 3.8) is 0 Å². The van der Waals surface area contributed by atoms with Crippen LogP contribution in [0.25, 0.3) is 0 Å². The molecule has 0 saturated carbocycles. The molecular formula is C15H20N4. The Morgan fingerprint density at radius 1 is 1.21 bits per heavy atom. The van der Waals surface area contributed by atoms with Crippen molar-refractivity contribution in [2.45, 2.75) is 51.6 Å². The van der Waals surface area contributed by atoms with Gasteiger partial charge >= 0.3 is 0 Å². The zero-order chi connectivity index (χ0) is 13.4. The normalized spacial score (nSPS) is 29.6. The van der Waals surface area contributed by atoms with Gasteiger partial charge in [0.15, 0.2) is 11.5 Å². The van der Waals surface area contributed by atoms with E-state index in [2.05, 4.69) is 28.9 Å². The Bertz CT molecular complexity index is 474. The van der Waals surface area contributed by atoms with Crippen LogP contribution < -0.4 is 4.90 Å². The molecule has 2 aliphatic rings. The highest BCUT2D eigenvalue weighted by molar-refractivity contribution is 5.44. The molecular weight excluding hydrogens is 236 g/mol. The molecule has 2 saturated heterocycles. The highest BCUT2D eigenvalue weighted by Gasteiger charge is 2.42. The van der Waals surface area contributed by atoms with Crippen molar-refractivity contribution in [2.24, 2.45) is 11.8 Å². The molecule has 4 heteroatoms. The molecule has 0 N–H and O–H groups in total. The Kier molecular flexibility index (Phi) is 3.14. The van der Waals surface area contributed by atoms with Crippen LogP contribution in [0.2, 0.25) is 0 Å². The Labute approximate surface area is 114 Å². The van der Waals surface area contributed by atoms with Crippen LogP contribution in [0, 0.1) is 23.2 Å². The Balaban J connectivity index is 1.81. The molecule has 3 rings (SSSR count). The third kappa shape index (κ3) is 2.18. The molecule has 1 aromatic rings. The van der Waals surface area contributed by atoms with Crippen molar-refractivity contribution < 1.29 is 0 Å². The van der Waals surface area contributed by atoms with E-state index < -0.39 is 0 Å². The van der Waals surface area contributed by atoms with Crippen molar-refractivity contribution in [1.82, 2.24) is 10.2 Å². The van der Waals surface area contributed by atoms with Gasteiger partial charge in [-0.25, -0.2) is 0 Å². The van der Waals surface area contributed by atoms with Crippen LogP contribution in [0.5, 0.6) is 0 Å². The predicted octanol–water partition coefficient (Wildman–Crippen LogP) is 2.75. The van der Waals surface area contributed by atoms with Crippen molar-refractivity contribution in [1.29, 1.82) is 5.26 Å². The molecule has 2 bridgehead atoms. The van der Waals surface area contributed by atoms with Gasteiger partial charge in [-0.2, -0.15) is 5.26 Å². The van der Waals surface area contributed by atoms with E-state index >= 15 is 0 Å². The van der Waals surface area contributed by atoms with E-state index in [1.54, 1.807) is 6.07 Å². The molecule has 19 heavy (non-hydrogen) atoms. The highest BCUT2D eigenvalue weighted by atomic mass is 15.3. The molecule has 4 nitrogen and oxygen atoms in total. The fourth-order valence-corrected chi connectivity index (χ4v) is 3.66. The molecule has 2 fully saturated rings. The van der Waals surface area contributed by atoms with Gasteiger partial charge < -0.3 is 4.90 Å². The molecule has 1 unspecified atom stereocenters. The lowest BCUT2D eigenvalue weighted by molar-refractivity contribution is 0.266. The van der Waals surface area contributed by atoms with Gasteiger partial charge in [0.1, 0.15) is 6.07 Å². The summed E-state index contributed by atoms with van der Waals surface area (Å²) in [6, 6.07) is 6.99. The number of aromatic nitrogens is 2. The fraction of sp³-hybridized carbons (Fsp3) is 0.667. The number of rotatable bonds is 2. The second kappa shape index (κ2) is 4.80. The number of hydrogen-bond donors (Lipinski definition) is 0. The summed E-state index contributed by atoms with van der Waals surface area (Å²) in [4.78, 5) is 2.45. The van der Waals surface area contributed by atoms with Crippen molar-refractivity contribution in [3.8, 4) is 6.07 Å². The first-order valence-corrected chi connectivity index (χ1v) is 7.21. The zero-order valence-corrected chi connectivity index (χ0v) is 11.6. The van der Waals surface area contributed by atoms with Crippen LogP contribution >= 0.6 is 0 Å². The summed E-state index contributed by atoms with van der Waals surface area (Å²) in [5.41, 5.74) is 0.396. The molecule has 100 valence electrons. The minimum absolute atomic E-state index is 0.396. The summed E-state index contributed by atoms with van der Waals surface area (Å²) in [6.45, 7) is 4.67. The van der Waals surface area contributed by atoms with Gasteiger partial charge in [-0.1, -0.05) is 13.8 Å². The van der Waals surface area contributed by atoms with E-state index in [0.717, 1.165) is 17.7 Å². The van der Waals surface area contributed by atoms with Crippen molar-refractivity contribution in [2.75, 3.05) is 4.90 Å². The third-order valence-electron chi connectivity index (χ3n) is 4.74. The Hall–Kier alpha value is -1.63. The average Bonchev–Trinajstić information content (AvgIpc) is 2.68. The molecule has 0 aliphatic carbocycles. The summed E-state index contributed by atoms with van der Waals surface area (Å²) < 4.78 is 0. The molecule has 3 heterocycles. The van der Waals surface area contributed by atoms with Crippen LogP contribution in [-0.4, -0.2) is 22.3 Å². The fourth-order valence-electron chi connectivity index (χ4n) is 3.66.